The second-order valence-electron chi connectivity index (χ2n) is 6.20. The van der Waals surface area contributed by atoms with Crippen LogP contribution in [-0.4, -0.2) is 16.0 Å². The minimum Gasteiger partial charge on any atom is -0.457 e. The third-order valence-electron chi connectivity index (χ3n) is 4.12. The summed E-state index contributed by atoms with van der Waals surface area (Å²) in [7, 11) is 0. The maximum absolute atomic E-state index is 12.9. The largest absolute Gasteiger partial charge is 0.457 e. The maximum Gasteiger partial charge on any atom is 0.417 e. The smallest absolute Gasteiger partial charge is 0.417 e. The first-order valence-corrected chi connectivity index (χ1v) is 8.53. The summed E-state index contributed by atoms with van der Waals surface area (Å²) < 4.78 is 44.2. The Morgan fingerprint density at radius 1 is 1.10 bits per heavy atom. The number of carbonyl (C=O) groups excluding carboxylic acids is 1. The highest BCUT2D eigenvalue weighted by molar-refractivity contribution is 5.79. The number of amides is 1. The number of benzene rings is 2. The van der Waals surface area contributed by atoms with Crippen LogP contribution in [0.25, 0.3) is 11.3 Å². The molecule has 1 atom stereocenters. The van der Waals surface area contributed by atoms with E-state index in [-0.39, 0.29) is 11.4 Å². The van der Waals surface area contributed by atoms with Crippen molar-refractivity contribution in [3.05, 3.63) is 77.5 Å². The Morgan fingerprint density at radius 3 is 2.37 bits per heavy atom. The average molecular weight is 413 g/mol. The van der Waals surface area contributed by atoms with Gasteiger partial charge in [-0.15, -0.1) is 0 Å². The number of ether oxygens (including phenoxy) is 1. The molecule has 0 aliphatic heterocycles. The Morgan fingerprint density at radius 2 is 1.77 bits per heavy atom. The molecule has 0 bridgehead atoms. The minimum absolute atomic E-state index is 0.0806. The topological polar surface area (TPSA) is 109 Å². The van der Waals surface area contributed by atoms with Gasteiger partial charge in [0.25, 0.3) is 5.91 Å². The van der Waals surface area contributed by atoms with Gasteiger partial charge in [0.15, 0.2) is 6.10 Å². The van der Waals surface area contributed by atoms with E-state index in [9.17, 15) is 23.1 Å². The molecule has 1 unspecified atom stereocenters. The molecule has 0 saturated heterocycles. The SMILES string of the molecule is N#Cc1cc(Oc2ccc(-c3cccc(C(O)C(N)=O)n3)cc2)ccc1C(F)(F)F. The van der Waals surface area contributed by atoms with Crippen molar-refractivity contribution in [3.63, 3.8) is 0 Å². The fraction of sp³-hybridized carbons (Fsp3) is 0.0952. The second kappa shape index (κ2) is 8.23. The first kappa shape index (κ1) is 20.8. The summed E-state index contributed by atoms with van der Waals surface area (Å²) >= 11 is 0. The Bertz CT molecular complexity index is 1120. The summed E-state index contributed by atoms with van der Waals surface area (Å²) in [4.78, 5) is 15.3. The lowest BCUT2D eigenvalue weighted by atomic mass is 10.1. The van der Waals surface area contributed by atoms with Crippen molar-refractivity contribution in [1.29, 1.82) is 5.26 Å². The van der Waals surface area contributed by atoms with Crippen molar-refractivity contribution < 1.29 is 27.8 Å². The van der Waals surface area contributed by atoms with Gasteiger partial charge in [-0.2, -0.15) is 18.4 Å². The van der Waals surface area contributed by atoms with Crippen LogP contribution in [-0.2, 0) is 11.0 Å². The number of nitrogens with zero attached hydrogens (tertiary/aromatic N) is 2. The van der Waals surface area contributed by atoms with Crippen molar-refractivity contribution in [2.45, 2.75) is 12.3 Å². The minimum atomic E-state index is -4.63. The van der Waals surface area contributed by atoms with E-state index >= 15 is 0 Å². The average Bonchev–Trinajstić information content (AvgIpc) is 2.73. The molecule has 1 heterocycles. The van der Waals surface area contributed by atoms with Crippen LogP contribution >= 0.6 is 0 Å². The molecule has 0 fully saturated rings. The molecule has 0 spiro atoms. The zero-order valence-corrected chi connectivity index (χ0v) is 15.2. The molecule has 1 amide bonds. The Labute approximate surface area is 169 Å². The predicted octanol–water partition coefficient (Wildman–Crippen LogP) is 3.95. The number of pyridine rings is 1. The first-order valence-electron chi connectivity index (χ1n) is 8.53. The van der Waals surface area contributed by atoms with Crippen molar-refractivity contribution in [2.24, 2.45) is 5.73 Å². The Balaban J connectivity index is 1.81. The predicted molar refractivity (Wildman–Crippen MR) is 100 cm³/mol. The molecule has 0 aliphatic rings. The van der Waals surface area contributed by atoms with E-state index in [1.54, 1.807) is 36.4 Å². The van der Waals surface area contributed by atoms with E-state index in [1.807, 2.05) is 0 Å². The highest BCUT2D eigenvalue weighted by Gasteiger charge is 2.33. The lowest BCUT2D eigenvalue weighted by molar-refractivity contribution is -0.137. The molecule has 1 aromatic heterocycles. The number of hydrogen-bond acceptors (Lipinski definition) is 5. The summed E-state index contributed by atoms with van der Waals surface area (Å²) in [6.07, 6.45) is -6.16. The zero-order valence-electron chi connectivity index (χ0n) is 15.2. The van der Waals surface area contributed by atoms with Crippen molar-refractivity contribution in [3.8, 4) is 28.8 Å². The number of halogens is 3. The number of nitriles is 1. The number of aliphatic hydroxyl groups is 1. The molecule has 3 N–H and O–H groups in total. The summed E-state index contributed by atoms with van der Waals surface area (Å²) in [5.74, 6) is -0.510. The van der Waals surface area contributed by atoms with Gasteiger partial charge < -0.3 is 15.6 Å². The summed E-state index contributed by atoms with van der Waals surface area (Å²) in [6.45, 7) is 0. The van der Waals surface area contributed by atoms with Gasteiger partial charge in [0.05, 0.1) is 28.6 Å². The zero-order chi connectivity index (χ0) is 21.9. The number of rotatable bonds is 5. The van der Waals surface area contributed by atoms with Crippen LogP contribution in [0, 0.1) is 11.3 Å². The van der Waals surface area contributed by atoms with E-state index in [0.29, 0.717) is 17.0 Å². The van der Waals surface area contributed by atoms with Crippen LogP contribution in [0.3, 0.4) is 0 Å². The van der Waals surface area contributed by atoms with Crippen LogP contribution in [0.15, 0.2) is 60.7 Å². The van der Waals surface area contributed by atoms with Crippen LogP contribution in [0.2, 0.25) is 0 Å². The summed E-state index contributed by atoms with van der Waals surface area (Å²) in [5, 5.41) is 18.7. The molecule has 3 aromatic rings. The van der Waals surface area contributed by atoms with Crippen LogP contribution in [0.4, 0.5) is 13.2 Å². The monoisotopic (exact) mass is 413 g/mol. The van der Waals surface area contributed by atoms with Gasteiger partial charge in [-0.3, -0.25) is 4.79 Å². The fourth-order valence-electron chi connectivity index (χ4n) is 2.67. The normalized spacial score (nSPS) is 12.1. The maximum atomic E-state index is 12.9. The molecule has 30 heavy (non-hydrogen) atoms. The van der Waals surface area contributed by atoms with E-state index in [2.05, 4.69) is 4.98 Å². The third kappa shape index (κ3) is 4.56. The molecule has 152 valence electrons. The van der Waals surface area contributed by atoms with Crippen molar-refractivity contribution >= 4 is 5.91 Å². The van der Waals surface area contributed by atoms with E-state index in [4.69, 9.17) is 15.7 Å². The standard InChI is InChI=1S/C21H14F3N3O3/c22-21(23,24)16-9-8-15(10-13(16)11-25)30-14-6-4-12(5-7-14)17-2-1-3-18(27-17)19(28)20(26)29/h1-10,19,28H,(H2,26,29). The molecular formula is C21H14F3N3O3. The number of nitrogens with two attached hydrogens (primary N) is 1. The van der Waals surface area contributed by atoms with Gasteiger partial charge in [-0.25, -0.2) is 4.98 Å². The molecular weight excluding hydrogens is 399 g/mol. The van der Waals surface area contributed by atoms with Gasteiger partial charge in [-0.1, -0.05) is 6.07 Å². The van der Waals surface area contributed by atoms with Gasteiger partial charge in [-0.05, 0) is 54.6 Å². The van der Waals surface area contributed by atoms with Gasteiger partial charge in [0, 0.05) is 5.56 Å². The van der Waals surface area contributed by atoms with Crippen LogP contribution in [0.5, 0.6) is 11.5 Å². The number of hydrogen-bond donors (Lipinski definition) is 2. The van der Waals surface area contributed by atoms with Gasteiger partial charge in [0.1, 0.15) is 11.5 Å². The summed E-state index contributed by atoms with van der Waals surface area (Å²) in [6, 6.07) is 15.6. The second-order valence-corrected chi connectivity index (χ2v) is 6.20. The number of alkyl halides is 3. The summed E-state index contributed by atoms with van der Waals surface area (Å²) in [5.41, 5.74) is 4.73. The highest BCUT2D eigenvalue weighted by Crippen LogP contribution is 2.34. The van der Waals surface area contributed by atoms with Crippen molar-refractivity contribution in [1.82, 2.24) is 4.98 Å². The van der Waals surface area contributed by atoms with E-state index < -0.39 is 29.3 Å². The first-order chi connectivity index (χ1) is 14.2. The molecule has 2 aromatic carbocycles. The van der Waals surface area contributed by atoms with E-state index in [1.165, 1.54) is 12.1 Å². The molecule has 3 rings (SSSR count). The fourth-order valence-corrected chi connectivity index (χ4v) is 2.67. The number of primary amides is 1. The molecule has 0 radical (unpaired) electrons. The molecule has 6 nitrogen and oxygen atoms in total. The highest BCUT2D eigenvalue weighted by atomic mass is 19.4. The number of aliphatic hydroxyl groups excluding tert-OH is 1. The lowest BCUT2D eigenvalue weighted by Crippen LogP contribution is -2.21. The van der Waals surface area contributed by atoms with E-state index in [0.717, 1.165) is 18.2 Å². The third-order valence-corrected chi connectivity index (χ3v) is 4.12. The quantitative estimate of drug-likeness (QED) is 0.658. The molecule has 0 aliphatic carbocycles. The lowest BCUT2D eigenvalue weighted by Gasteiger charge is -2.12. The molecule has 0 saturated carbocycles. The Kier molecular flexibility index (Phi) is 5.71. The molecule has 9 heteroatoms. The number of aromatic nitrogens is 1. The van der Waals surface area contributed by atoms with Crippen molar-refractivity contribution in [2.75, 3.05) is 0 Å². The van der Waals surface area contributed by atoms with Crippen LogP contribution < -0.4 is 10.5 Å². The van der Waals surface area contributed by atoms with Gasteiger partial charge in [0.2, 0.25) is 0 Å². The van der Waals surface area contributed by atoms with Crippen LogP contribution in [0.1, 0.15) is 22.9 Å². The Hall–Kier alpha value is -3.90. The van der Waals surface area contributed by atoms with Gasteiger partial charge >= 0.3 is 6.18 Å². The number of carbonyl (C=O) groups is 1.